The van der Waals surface area contributed by atoms with Gasteiger partial charge in [0.15, 0.2) is 0 Å². The second-order valence-electron chi connectivity index (χ2n) is 13.1. The lowest BCUT2D eigenvalue weighted by atomic mass is 9.78. The molecule has 1 fully saturated rings. The maximum absolute atomic E-state index is 15.4. The molecular weight excluding hydrogens is 447 g/mol. The SMILES string of the molecule is CC[Si](CC)(c1cc(F)cc(C(C)(C)C)c1OC(C)(C)C)C1CC(C)C2c3ccccc3C=CC21. The van der Waals surface area contributed by atoms with Crippen LogP contribution in [0.1, 0.15) is 91.3 Å². The first-order valence-electron chi connectivity index (χ1n) is 13.6. The van der Waals surface area contributed by atoms with Gasteiger partial charge in [-0.25, -0.2) is 4.39 Å². The predicted molar refractivity (Wildman–Crippen MR) is 151 cm³/mol. The molecule has 0 heterocycles. The lowest BCUT2D eigenvalue weighted by molar-refractivity contribution is 0.129. The van der Waals surface area contributed by atoms with Crippen LogP contribution in [-0.4, -0.2) is 13.7 Å². The van der Waals surface area contributed by atoms with E-state index in [0.717, 1.165) is 23.4 Å². The van der Waals surface area contributed by atoms with Gasteiger partial charge < -0.3 is 4.74 Å². The molecule has 2 aromatic rings. The molecule has 0 aliphatic heterocycles. The van der Waals surface area contributed by atoms with Crippen LogP contribution in [0.4, 0.5) is 4.39 Å². The molecule has 0 radical (unpaired) electrons. The van der Waals surface area contributed by atoms with Crippen LogP contribution in [0.25, 0.3) is 6.08 Å². The van der Waals surface area contributed by atoms with Crippen molar-refractivity contribution in [3.63, 3.8) is 0 Å². The van der Waals surface area contributed by atoms with E-state index in [4.69, 9.17) is 4.74 Å². The highest BCUT2D eigenvalue weighted by Crippen LogP contribution is 2.59. The summed E-state index contributed by atoms with van der Waals surface area (Å²) in [4.78, 5) is 0. The molecule has 35 heavy (non-hydrogen) atoms. The molecule has 0 amide bonds. The van der Waals surface area contributed by atoms with Crippen LogP contribution in [0, 0.1) is 17.7 Å². The fraction of sp³-hybridized carbons (Fsp3) is 0.562. The number of rotatable bonds is 5. The predicted octanol–water partition coefficient (Wildman–Crippen LogP) is 8.83. The first-order valence-corrected chi connectivity index (χ1v) is 16.1. The maximum Gasteiger partial charge on any atom is 0.123 e. The fourth-order valence-corrected chi connectivity index (χ4v) is 12.8. The Hall–Kier alpha value is -1.87. The molecule has 0 N–H and O–H groups in total. The number of allylic oxidation sites excluding steroid dienone is 1. The smallest absolute Gasteiger partial charge is 0.123 e. The normalized spacial score (nSPS) is 24.3. The summed E-state index contributed by atoms with van der Waals surface area (Å²) < 4.78 is 22.2. The first kappa shape index (κ1) is 26.2. The van der Waals surface area contributed by atoms with Gasteiger partial charge >= 0.3 is 0 Å². The number of hydrogen-bond donors (Lipinski definition) is 0. The van der Waals surface area contributed by atoms with Crippen LogP contribution >= 0.6 is 0 Å². The Morgan fingerprint density at radius 1 is 1.00 bits per heavy atom. The number of ether oxygens (including phenoxy) is 1. The summed E-state index contributed by atoms with van der Waals surface area (Å²) in [6.45, 7) is 20.0. The van der Waals surface area contributed by atoms with E-state index in [-0.39, 0.29) is 16.8 Å². The Labute approximate surface area is 214 Å². The second-order valence-corrected chi connectivity index (χ2v) is 18.1. The lowest BCUT2D eigenvalue weighted by Gasteiger charge is -2.43. The van der Waals surface area contributed by atoms with Crippen molar-refractivity contribution in [1.29, 1.82) is 0 Å². The van der Waals surface area contributed by atoms with Gasteiger partial charge in [0, 0.05) is 5.56 Å². The molecule has 1 saturated carbocycles. The number of halogens is 1. The molecule has 0 bridgehead atoms. The molecular formula is C32H45FOSi. The van der Waals surface area contributed by atoms with Gasteiger partial charge in [-0.2, -0.15) is 0 Å². The molecule has 2 aliphatic rings. The third-order valence-corrected chi connectivity index (χ3v) is 14.8. The average molecular weight is 493 g/mol. The van der Waals surface area contributed by atoms with Crippen molar-refractivity contribution in [2.45, 2.75) is 103 Å². The molecule has 3 heteroatoms. The summed E-state index contributed by atoms with van der Waals surface area (Å²) in [6.07, 6.45) is 6.06. The van der Waals surface area contributed by atoms with Gasteiger partial charge in [-0.3, -0.25) is 0 Å². The van der Waals surface area contributed by atoms with E-state index in [1.165, 1.54) is 22.7 Å². The molecule has 4 rings (SSSR count). The Morgan fingerprint density at radius 3 is 2.26 bits per heavy atom. The van der Waals surface area contributed by atoms with E-state index >= 15 is 4.39 Å². The molecule has 190 valence electrons. The van der Waals surface area contributed by atoms with Crippen molar-refractivity contribution in [3.8, 4) is 5.75 Å². The molecule has 0 aromatic heterocycles. The molecule has 1 nitrogen and oxygen atoms in total. The van der Waals surface area contributed by atoms with Gasteiger partial charge in [0.05, 0.1) is 8.07 Å². The van der Waals surface area contributed by atoms with E-state index < -0.39 is 8.07 Å². The fourth-order valence-electron chi connectivity index (χ4n) is 7.17. The zero-order valence-electron chi connectivity index (χ0n) is 23.3. The Morgan fingerprint density at radius 2 is 1.66 bits per heavy atom. The van der Waals surface area contributed by atoms with Crippen molar-refractivity contribution in [1.82, 2.24) is 0 Å². The van der Waals surface area contributed by atoms with E-state index in [2.05, 4.69) is 98.7 Å². The highest BCUT2D eigenvalue weighted by Gasteiger charge is 2.53. The molecule has 0 saturated heterocycles. The first-order chi connectivity index (χ1) is 16.3. The van der Waals surface area contributed by atoms with Crippen LogP contribution in [0.5, 0.6) is 5.75 Å². The summed E-state index contributed by atoms with van der Waals surface area (Å²) in [6, 6.07) is 14.7. The van der Waals surface area contributed by atoms with E-state index in [1.54, 1.807) is 6.07 Å². The van der Waals surface area contributed by atoms with Crippen LogP contribution in [0.2, 0.25) is 17.6 Å². The lowest BCUT2D eigenvalue weighted by Crippen LogP contribution is -2.53. The summed E-state index contributed by atoms with van der Waals surface area (Å²) >= 11 is 0. The van der Waals surface area contributed by atoms with Crippen LogP contribution in [-0.2, 0) is 5.41 Å². The van der Waals surface area contributed by atoms with Crippen LogP contribution in [0.3, 0.4) is 0 Å². The van der Waals surface area contributed by atoms with Gasteiger partial charge in [-0.05, 0) is 84.3 Å². The minimum absolute atomic E-state index is 0.114. The minimum Gasteiger partial charge on any atom is -0.488 e. The molecule has 4 unspecified atom stereocenters. The van der Waals surface area contributed by atoms with Gasteiger partial charge in [-0.15, -0.1) is 0 Å². The summed E-state index contributed by atoms with van der Waals surface area (Å²) in [7, 11) is -2.16. The third kappa shape index (κ3) is 4.66. The largest absolute Gasteiger partial charge is 0.488 e. The van der Waals surface area contributed by atoms with Crippen molar-refractivity contribution in [2.75, 3.05) is 0 Å². The molecule has 4 atom stereocenters. The zero-order chi connectivity index (χ0) is 25.8. The summed E-state index contributed by atoms with van der Waals surface area (Å²) in [5.41, 5.74) is 3.91. The second kappa shape index (κ2) is 9.21. The van der Waals surface area contributed by atoms with Crippen LogP contribution < -0.4 is 9.92 Å². The third-order valence-electron chi connectivity index (χ3n) is 8.75. The van der Waals surface area contributed by atoms with Crippen molar-refractivity contribution in [2.24, 2.45) is 11.8 Å². The quantitative estimate of drug-likeness (QED) is 0.379. The number of fused-ring (bicyclic) bond motifs is 3. The van der Waals surface area contributed by atoms with Crippen LogP contribution in [0.15, 0.2) is 42.5 Å². The number of hydrogen-bond acceptors (Lipinski definition) is 1. The minimum atomic E-state index is -2.16. The van der Waals surface area contributed by atoms with E-state index in [9.17, 15) is 0 Å². The van der Waals surface area contributed by atoms with Gasteiger partial charge in [0.25, 0.3) is 0 Å². The Bertz CT molecular complexity index is 1100. The molecule has 2 aliphatic carbocycles. The zero-order valence-corrected chi connectivity index (χ0v) is 24.3. The van der Waals surface area contributed by atoms with Crippen molar-refractivity contribution >= 4 is 19.3 Å². The number of benzene rings is 2. The maximum atomic E-state index is 15.4. The van der Waals surface area contributed by atoms with Crippen molar-refractivity contribution < 1.29 is 9.13 Å². The van der Waals surface area contributed by atoms with Crippen molar-refractivity contribution in [3.05, 3.63) is 65.0 Å². The van der Waals surface area contributed by atoms with E-state index in [1.807, 2.05) is 6.07 Å². The average Bonchev–Trinajstić information content (AvgIpc) is 3.12. The van der Waals surface area contributed by atoms with E-state index in [0.29, 0.717) is 23.3 Å². The standard InChI is InChI=1S/C32H45FOSi/c1-10-35(11-2,27-18-21(3)29-24-15-13-12-14-22(24)16-17-25(27)29)28-20-23(33)19-26(31(4,5)6)30(28)34-32(7,8)9/h12-17,19-21,25,27,29H,10-11,18H2,1-9H3. The summed E-state index contributed by atoms with van der Waals surface area (Å²) in [5, 5.41) is 1.22. The highest BCUT2D eigenvalue weighted by atomic mass is 28.3. The molecule has 2 aromatic carbocycles. The van der Waals surface area contributed by atoms with Gasteiger partial charge in [0.2, 0.25) is 0 Å². The Kier molecular flexibility index (Phi) is 6.90. The van der Waals surface area contributed by atoms with Gasteiger partial charge in [-0.1, -0.05) is 90.0 Å². The topological polar surface area (TPSA) is 9.23 Å². The summed E-state index contributed by atoms with van der Waals surface area (Å²) in [5.74, 6) is 2.53. The van der Waals surface area contributed by atoms with Gasteiger partial charge in [0.1, 0.15) is 17.2 Å². The monoisotopic (exact) mass is 492 g/mol. The molecule has 0 spiro atoms. The highest BCUT2D eigenvalue weighted by molar-refractivity contribution is 6.93. The Balaban J connectivity index is 1.93.